The molecule has 1 fully saturated rings. The minimum absolute atomic E-state index is 0. The van der Waals surface area contributed by atoms with Crippen molar-refractivity contribution in [2.75, 3.05) is 19.6 Å². The van der Waals surface area contributed by atoms with Gasteiger partial charge in [0, 0.05) is 13.1 Å². The van der Waals surface area contributed by atoms with Gasteiger partial charge >= 0.3 is 0 Å². The molecule has 2 rings (SSSR count). The first kappa shape index (κ1) is 17.3. The standard InChI is InChI=1S/C14H19F3N2.ClH/c15-12-6-11(7-13(16)14(12)17)9-19-5-1-2-10(8-19)3-4-18;/h6-7,10H,1-5,8-9,18H2;1H. The number of hydrogen-bond acceptors (Lipinski definition) is 2. The topological polar surface area (TPSA) is 29.3 Å². The largest absolute Gasteiger partial charge is 0.330 e. The van der Waals surface area contributed by atoms with Crippen LogP contribution >= 0.6 is 12.4 Å². The first-order valence-corrected chi connectivity index (χ1v) is 6.66. The van der Waals surface area contributed by atoms with Gasteiger partial charge in [-0.25, -0.2) is 13.2 Å². The molecule has 1 heterocycles. The van der Waals surface area contributed by atoms with Gasteiger partial charge in [-0.15, -0.1) is 12.4 Å². The van der Waals surface area contributed by atoms with Crippen LogP contribution in [0.15, 0.2) is 12.1 Å². The van der Waals surface area contributed by atoms with E-state index in [1.54, 1.807) is 0 Å². The van der Waals surface area contributed by atoms with Crippen LogP contribution in [0.25, 0.3) is 0 Å². The minimum Gasteiger partial charge on any atom is -0.330 e. The number of rotatable bonds is 4. The van der Waals surface area contributed by atoms with Crippen LogP contribution in [0.5, 0.6) is 0 Å². The molecule has 1 aromatic rings. The lowest BCUT2D eigenvalue weighted by Gasteiger charge is -2.32. The minimum atomic E-state index is -1.40. The summed E-state index contributed by atoms with van der Waals surface area (Å²) >= 11 is 0. The summed E-state index contributed by atoms with van der Waals surface area (Å²) in [5.74, 6) is -3.09. The quantitative estimate of drug-likeness (QED) is 0.866. The number of likely N-dealkylation sites (tertiary alicyclic amines) is 1. The average Bonchev–Trinajstić information content (AvgIpc) is 2.37. The Labute approximate surface area is 123 Å². The second kappa shape index (κ2) is 7.86. The third-order valence-electron chi connectivity index (χ3n) is 3.63. The fraction of sp³-hybridized carbons (Fsp3) is 0.571. The zero-order valence-corrected chi connectivity index (χ0v) is 12.1. The van der Waals surface area contributed by atoms with E-state index >= 15 is 0 Å². The van der Waals surface area contributed by atoms with Gasteiger partial charge in [0.2, 0.25) is 0 Å². The number of halogens is 4. The number of benzene rings is 1. The molecule has 0 radical (unpaired) electrons. The smallest absolute Gasteiger partial charge is 0.194 e. The van der Waals surface area contributed by atoms with Crippen molar-refractivity contribution in [2.45, 2.75) is 25.8 Å². The number of hydrogen-bond donors (Lipinski definition) is 1. The lowest BCUT2D eigenvalue weighted by molar-refractivity contribution is 0.162. The van der Waals surface area contributed by atoms with Crippen LogP contribution in [0.3, 0.4) is 0 Å². The van der Waals surface area contributed by atoms with E-state index in [0.717, 1.165) is 44.5 Å². The Kier molecular flexibility index (Phi) is 6.79. The molecule has 1 aromatic carbocycles. The molecule has 20 heavy (non-hydrogen) atoms. The highest BCUT2D eigenvalue weighted by atomic mass is 35.5. The molecule has 1 unspecified atom stereocenters. The average molecular weight is 309 g/mol. The van der Waals surface area contributed by atoms with Gasteiger partial charge in [0.05, 0.1) is 0 Å². The maximum atomic E-state index is 13.1. The zero-order chi connectivity index (χ0) is 13.8. The molecule has 2 nitrogen and oxygen atoms in total. The van der Waals surface area contributed by atoms with Gasteiger partial charge in [-0.3, -0.25) is 4.90 Å². The molecule has 0 amide bonds. The summed E-state index contributed by atoms with van der Waals surface area (Å²) in [7, 11) is 0. The second-order valence-electron chi connectivity index (χ2n) is 5.19. The van der Waals surface area contributed by atoms with Crippen LogP contribution in [0, 0.1) is 23.4 Å². The van der Waals surface area contributed by atoms with Gasteiger partial charge in [0.1, 0.15) is 0 Å². The summed E-state index contributed by atoms with van der Waals surface area (Å²) in [5.41, 5.74) is 6.03. The molecule has 114 valence electrons. The normalized spacial score (nSPS) is 19.7. The van der Waals surface area contributed by atoms with E-state index < -0.39 is 17.5 Å². The summed E-state index contributed by atoms with van der Waals surface area (Å²) in [6.45, 7) is 2.91. The van der Waals surface area contributed by atoms with Gasteiger partial charge in [-0.05, 0) is 56.0 Å². The molecule has 0 saturated carbocycles. The van der Waals surface area contributed by atoms with E-state index in [1.807, 2.05) is 0 Å². The Hall–Kier alpha value is -0.780. The molecule has 1 aliphatic heterocycles. The Morgan fingerprint density at radius 3 is 2.45 bits per heavy atom. The fourth-order valence-corrected chi connectivity index (χ4v) is 2.72. The molecular formula is C14H20ClF3N2. The van der Waals surface area contributed by atoms with Gasteiger partial charge in [-0.2, -0.15) is 0 Å². The molecule has 1 atom stereocenters. The molecule has 1 aliphatic rings. The molecule has 0 bridgehead atoms. The highest BCUT2D eigenvalue weighted by Gasteiger charge is 2.20. The fourth-order valence-electron chi connectivity index (χ4n) is 2.72. The summed E-state index contributed by atoms with van der Waals surface area (Å²) in [6, 6.07) is 2.15. The van der Waals surface area contributed by atoms with E-state index in [4.69, 9.17) is 5.73 Å². The van der Waals surface area contributed by atoms with Crippen LogP contribution in [0.4, 0.5) is 13.2 Å². The van der Waals surface area contributed by atoms with Crippen LogP contribution in [-0.2, 0) is 6.54 Å². The second-order valence-corrected chi connectivity index (χ2v) is 5.19. The predicted molar refractivity (Wildman–Crippen MR) is 75.2 cm³/mol. The van der Waals surface area contributed by atoms with Crippen molar-refractivity contribution in [1.82, 2.24) is 4.90 Å². The van der Waals surface area contributed by atoms with E-state index in [1.165, 1.54) is 0 Å². The van der Waals surface area contributed by atoms with Crippen molar-refractivity contribution in [3.63, 3.8) is 0 Å². The van der Waals surface area contributed by atoms with Crippen LogP contribution in [0.1, 0.15) is 24.8 Å². The molecule has 1 saturated heterocycles. The van der Waals surface area contributed by atoms with Crippen molar-refractivity contribution < 1.29 is 13.2 Å². The van der Waals surface area contributed by atoms with Crippen LogP contribution < -0.4 is 5.73 Å². The van der Waals surface area contributed by atoms with Crippen LogP contribution in [0.2, 0.25) is 0 Å². The van der Waals surface area contributed by atoms with Crippen molar-refractivity contribution in [2.24, 2.45) is 11.7 Å². The highest BCUT2D eigenvalue weighted by Crippen LogP contribution is 2.22. The Morgan fingerprint density at radius 2 is 1.85 bits per heavy atom. The summed E-state index contributed by atoms with van der Waals surface area (Å²) < 4.78 is 39.2. The number of nitrogens with two attached hydrogens (primary N) is 1. The Bertz CT molecular complexity index is 417. The maximum absolute atomic E-state index is 13.1. The van der Waals surface area contributed by atoms with Crippen molar-refractivity contribution in [1.29, 1.82) is 0 Å². The van der Waals surface area contributed by atoms with Crippen molar-refractivity contribution in [3.8, 4) is 0 Å². The molecule has 0 spiro atoms. The van der Waals surface area contributed by atoms with Gasteiger partial charge < -0.3 is 5.73 Å². The number of piperidine rings is 1. The highest BCUT2D eigenvalue weighted by molar-refractivity contribution is 5.85. The molecule has 0 aliphatic carbocycles. The molecule has 6 heteroatoms. The predicted octanol–water partition coefficient (Wildman–Crippen LogP) is 3.09. The van der Waals surface area contributed by atoms with E-state index in [9.17, 15) is 13.2 Å². The first-order valence-electron chi connectivity index (χ1n) is 6.66. The Morgan fingerprint density at radius 1 is 1.20 bits per heavy atom. The first-order chi connectivity index (χ1) is 9.10. The van der Waals surface area contributed by atoms with E-state index in [-0.39, 0.29) is 12.4 Å². The summed E-state index contributed by atoms with van der Waals surface area (Å²) in [6.07, 6.45) is 3.19. The third-order valence-corrected chi connectivity index (χ3v) is 3.63. The summed E-state index contributed by atoms with van der Waals surface area (Å²) in [4.78, 5) is 2.15. The van der Waals surface area contributed by atoms with E-state index in [0.29, 0.717) is 24.6 Å². The third kappa shape index (κ3) is 4.36. The molecular weight excluding hydrogens is 289 g/mol. The lowest BCUT2D eigenvalue weighted by Crippen LogP contribution is -2.35. The zero-order valence-electron chi connectivity index (χ0n) is 11.2. The maximum Gasteiger partial charge on any atom is 0.194 e. The Balaban J connectivity index is 0.00000200. The number of nitrogens with zero attached hydrogens (tertiary/aromatic N) is 1. The summed E-state index contributed by atoms with van der Waals surface area (Å²) in [5, 5.41) is 0. The molecule has 2 N–H and O–H groups in total. The van der Waals surface area contributed by atoms with Crippen molar-refractivity contribution >= 4 is 12.4 Å². The SMILES string of the molecule is Cl.NCCC1CCCN(Cc2cc(F)c(F)c(F)c2)C1. The van der Waals surface area contributed by atoms with Crippen molar-refractivity contribution in [3.05, 3.63) is 35.1 Å². The van der Waals surface area contributed by atoms with Gasteiger partial charge in [0.25, 0.3) is 0 Å². The van der Waals surface area contributed by atoms with Gasteiger partial charge in [0.15, 0.2) is 17.5 Å². The van der Waals surface area contributed by atoms with Crippen LogP contribution in [-0.4, -0.2) is 24.5 Å². The van der Waals surface area contributed by atoms with Gasteiger partial charge in [-0.1, -0.05) is 0 Å². The van der Waals surface area contributed by atoms with E-state index in [2.05, 4.69) is 4.90 Å². The monoisotopic (exact) mass is 308 g/mol. The molecule has 0 aromatic heterocycles. The lowest BCUT2D eigenvalue weighted by atomic mass is 9.94.